The van der Waals surface area contributed by atoms with Gasteiger partial charge in [-0.25, -0.2) is 0 Å². The van der Waals surface area contributed by atoms with Crippen LogP contribution in [-0.4, -0.2) is 5.11 Å². The van der Waals surface area contributed by atoms with E-state index >= 15 is 0 Å². The summed E-state index contributed by atoms with van der Waals surface area (Å²) < 4.78 is 0. The lowest BCUT2D eigenvalue weighted by Crippen LogP contribution is -1.96. The number of phenols is 1. The fourth-order valence-electron chi connectivity index (χ4n) is 1.49. The van der Waals surface area contributed by atoms with Crippen molar-refractivity contribution in [3.05, 3.63) is 27.8 Å². The maximum Gasteiger partial charge on any atom is 0.122 e. The van der Waals surface area contributed by atoms with Crippen molar-refractivity contribution in [3.63, 3.8) is 0 Å². The summed E-state index contributed by atoms with van der Waals surface area (Å²) in [6, 6.07) is 2.11. The van der Waals surface area contributed by atoms with Gasteiger partial charge in [0.15, 0.2) is 0 Å². The average Bonchev–Trinajstić information content (AvgIpc) is 2.13. The van der Waals surface area contributed by atoms with Gasteiger partial charge >= 0.3 is 0 Å². The van der Waals surface area contributed by atoms with Gasteiger partial charge in [0.25, 0.3) is 0 Å². The molecule has 68 valence electrons. The van der Waals surface area contributed by atoms with E-state index in [1.807, 2.05) is 20.8 Å². The van der Waals surface area contributed by atoms with Crippen LogP contribution in [0.4, 0.5) is 0 Å². The number of nitriles is 1. The highest BCUT2D eigenvalue weighted by Crippen LogP contribution is 2.30. The highest BCUT2D eigenvalue weighted by atomic mass is 16.3. The summed E-state index contributed by atoms with van der Waals surface area (Å²) in [5.74, 6) is 0.250. The molecule has 0 aromatic heterocycles. The molecule has 2 nitrogen and oxygen atoms in total. The minimum absolute atomic E-state index is 0.250. The molecule has 0 amide bonds. The van der Waals surface area contributed by atoms with E-state index in [2.05, 4.69) is 6.07 Å². The second kappa shape index (κ2) is 3.10. The molecule has 0 saturated heterocycles. The first-order chi connectivity index (χ1) is 6.00. The summed E-state index contributed by atoms with van der Waals surface area (Å²) >= 11 is 0. The molecule has 2 heteroatoms. The van der Waals surface area contributed by atoms with Gasteiger partial charge in [0.2, 0.25) is 0 Å². The smallest absolute Gasteiger partial charge is 0.122 e. The largest absolute Gasteiger partial charge is 0.507 e. The molecule has 0 unspecified atom stereocenters. The van der Waals surface area contributed by atoms with Gasteiger partial charge in [0.05, 0.1) is 11.6 Å². The molecule has 0 radical (unpaired) electrons. The molecule has 0 aliphatic rings. The van der Waals surface area contributed by atoms with Crippen LogP contribution in [0.25, 0.3) is 0 Å². The molecule has 1 rings (SSSR count). The van der Waals surface area contributed by atoms with Gasteiger partial charge in [0, 0.05) is 5.56 Å². The van der Waals surface area contributed by atoms with Crippen molar-refractivity contribution in [1.82, 2.24) is 0 Å². The summed E-state index contributed by atoms with van der Waals surface area (Å²) in [5, 5.41) is 18.6. The Hall–Kier alpha value is -1.49. The first kappa shape index (κ1) is 9.60. The third kappa shape index (κ3) is 1.27. The number of hydrogen-bond donors (Lipinski definition) is 1. The van der Waals surface area contributed by atoms with Crippen molar-refractivity contribution < 1.29 is 5.11 Å². The number of benzene rings is 1. The highest BCUT2D eigenvalue weighted by Gasteiger charge is 2.12. The van der Waals surface area contributed by atoms with Gasteiger partial charge in [-0.05, 0) is 44.4 Å². The lowest BCUT2D eigenvalue weighted by molar-refractivity contribution is 0.466. The van der Waals surface area contributed by atoms with Crippen LogP contribution >= 0.6 is 0 Å². The minimum Gasteiger partial charge on any atom is -0.507 e. The van der Waals surface area contributed by atoms with Crippen LogP contribution in [0.3, 0.4) is 0 Å². The Morgan fingerprint density at radius 2 is 1.46 bits per heavy atom. The third-order valence-corrected chi connectivity index (χ3v) is 2.70. The standard InChI is InChI=1S/C11H13NO/c1-6-7(2)10(5-12)9(4)11(13)8(6)3/h13H,1-4H3. The van der Waals surface area contributed by atoms with E-state index in [1.165, 1.54) is 0 Å². The summed E-state index contributed by atoms with van der Waals surface area (Å²) in [6.07, 6.45) is 0. The molecule has 0 bridgehead atoms. The van der Waals surface area contributed by atoms with Gasteiger partial charge in [0.1, 0.15) is 5.75 Å². The summed E-state index contributed by atoms with van der Waals surface area (Å²) in [7, 11) is 0. The first-order valence-corrected chi connectivity index (χ1v) is 4.20. The second-order valence-electron chi connectivity index (χ2n) is 3.34. The Labute approximate surface area is 78.4 Å². The fraction of sp³-hybridized carbons (Fsp3) is 0.364. The maximum atomic E-state index is 9.67. The molecule has 1 N–H and O–H groups in total. The molecule has 0 aliphatic carbocycles. The van der Waals surface area contributed by atoms with Gasteiger partial charge < -0.3 is 5.11 Å². The van der Waals surface area contributed by atoms with Gasteiger partial charge in [-0.15, -0.1) is 0 Å². The van der Waals surface area contributed by atoms with Crippen LogP contribution < -0.4 is 0 Å². The molecule has 13 heavy (non-hydrogen) atoms. The van der Waals surface area contributed by atoms with Crippen LogP contribution in [0.2, 0.25) is 0 Å². The van der Waals surface area contributed by atoms with Crippen LogP contribution in [0.15, 0.2) is 0 Å². The SMILES string of the molecule is Cc1c(C)c(O)c(C)c(C#N)c1C. The molecular formula is C11H13NO. The number of rotatable bonds is 0. The summed E-state index contributed by atoms with van der Waals surface area (Å²) in [5.41, 5.74) is 4.12. The highest BCUT2D eigenvalue weighted by molar-refractivity contribution is 5.57. The Morgan fingerprint density at radius 1 is 0.923 bits per heavy atom. The average molecular weight is 175 g/mol. The van der Waals surface area contributed by atoms with Crippen molar-refractivity contribution in [2.24, 2.45) is 0 Å². The summed E-state index contributed by atoms with van der Waals surface area (Å²) in [4.78, 5) is 0. The zero-order valence-electron chi connectivity index (χ0n) is 8.39. The first-order valence-electron chi connectivity index (χ1n) is 4.20. The van der Waals surface area contributed by atoms with E-state index in [-0.39, 0.29) is 5.75 Å². The van der Waals surface area contributed by atoms with Crippen molar-refractivity contribution in [1.29, 1.82) is 5.26 Å². The van der Waals surface area contributed by atoms with E-state index in [1.54, 1.807) is 6.92 Å². The molecule has 1 aromatic rings. The summed E-state index contributed by atoms with van der Waals surface area (Å²) in [6.45, 7) is 7.47. The Morgan fingerprint density at radius 3 is 1.92 bits per heavy atom. The van der Waals surface area contributed by atoms with Crippen molar-refractivity contribution in [3.8, 4) is 11.8 Å². The molecule has 0 aliphatic heterocycles. The fourth-order valence-corrected chi connectivity index (χ4v) is 1.49. The lowest BCUT2D eigenvalue weighted by atomic mass is 9.94. The zero-order valence-corrected chi connectivity index (χ0v) is 8.39. The van der Waals surface area contributed by atoms with E-state index in [4.69, 9.17) is 5.26 Å². The molecule has 1 aromatic carbocycles. The van der Waals surface area contributed by atoms with Crippen molar-refractivity contribution >= 4 is 0 Å². The van der Waals surface area contributed by atoms with E-state index in [9.17, 15) is 5.11 Å². The van der Waals surface area contributed by atoms with Crippen LogP contribution in [0, 0.1) is 39.0 Å². The van der Waals surface area contributed by atoms with E-state index in [0.29, 0.717) is 11.1 Å². The number of hydrogen-bond acceptors (Lipinski definition) is 2. The molecule has 0 atom stereocenters. The number of aromatic hydroxyl groups is 1. The molecular weight excluding hydrogens is 162 g/mol. The zero-order chi connectivity index (χ0) is 10.2. The quantitative estimate of drug-likeness (QED) is 0.658. The van der Waals surface area contributed by atoms with Crippen molar-refractivity contribution in [2.75, 3.05) is 0 Å². The molecule has 0 fully saturated rings. The van der Waals surface area contributed by atoms with Crippen molar-refractivity contribution in [2.45, 2.75) is 27.7 Å². The lowest BCUT2D eigenvalue weighted by Gasteiger charge is -2.12. The monoisotopic (exact) mass is 175 g/mol. The number of nitrogens with zero attached hydrogens (tertiary/aromatic N) is 1. The molecule has 0 saturated carbocycles. The van der Waals surface area contributed by atoms with Gasteiger partial charge in [-0.2, -0.15) is 5.26 Å². The van der Waals surface area contributed by atoms with Crippen LogP contribution in [0.5, 0.6) is 5.75 Å². The third-order valence-electron chi connectivity index (χ3n) is 2.70. The minimum atomic E-state index is 0.250. The molecule has 0 spiro atoms. The maximum absolute atomic E-state index is 9.67. The Kier molecular flexibility index (Phi) is 2.29. The van der Waals surface area contributed by atoms with Gasteiger partial charge in [-0.1, -0.05) is 0 Å². The predicted molar refractivity (Wildman–Crippen MR) is 51.8 cm³/mol. The topological polar surface area (TPSA) is 44.0 Å². The Balaban J connectivity index is 3.69. The predicted octanol–water partition coefficient (Wildman–Crippen LogP) is 2.50. The van der Waals surface area contributed by atoms with E-state index < -0.39 is 0 Å². The Bertz CT molecular complexity index is 371. The normalized spacial score (nSPS) is 9.77. The molecule has 0 heterocycles. The van der Waals surface area contributed by atoms with Gasteiger partial charge in [-0.3, -0.25) is 0 Å². The van der Waals surface area contributed by atoms with Crippen LogP contribution in [0.1, 0.15) is 27.8 Å². The van der Waals surface area contributed by atoms with E-state index in [0.717, 1.165) is 16.7 Å². The number of phenolic OH excluding ortho intramolecular Hbond substituents is 1. The second-order valence-corrected chi connectivity index (χ2v) is 3.34. The van der Waals surface area contributed by atoms with Crippen LogP contribution in [-0.2, 0) is 0 Å².